The van der Waals surface area contributed by atoms with E-state index in [-0.39, 0.29) is 5.76 Å². The molecule has 0 aliphatic carbocycles. The van der Waals surface area contributed by atoms with E-state index in [1.165, 1.54) is 6.08 Å². The highest BCUT2D eigenvalue weighted by atomic mass is 16.6. The van der Waals surface area contributed by atoms with Gasteiger partial charge in [-0.05, 0) is 26.8 Å². The SMILES string of the molecule is CC(C)(C)OC(=O)C=C1OC(=O)c2ccccc21. The van der Waals surface area contributed by atoms with E-state index in [1.54, 1.807) is 45.0 Å². The Bertz CT molecular complexity index is 535. The van der Waals surface area contributed by atoms with Gasteiger partial charge in [-0.1, -0.05) is 18.2 Å². The van der Waals surface area contributed by atoms with Crippen LogP contribution in [0.25, 0.3) is 5.76 Å². The van der Waals surface area contributed by atoms with E-state index in [2.05, 4.69) is 0 Å². The molecule has 18 heavy (non-hydrogen) atoms. The first-order valence-corrected chi connectivity index (χ1v) is 5.63. The van der Waals surface area contributed by atoms with Gasteiger partial charge in [-0.25, -0.2) is 9.59 Å². The zero-order chi connectivity index (χ0) is 13.3. The van der Waals surface area contributed by atoms with Gasteiger partial charge in [0.05, 0.1) is 11.6 Å². The van der Waals surface area contributed by atoms with Gasteiger partial charge in [0.25, 0.3) is 0 Å². The van der Waals surface area contributed by atoms with E-state index in [4.69, 9.17) is 9.47 Å². The molecule has 1 aromatic rings. The fraction of sp³-hybridized carbons (Fsp3) is 0.286. The van der Waals surface area contributed by atoms with E-state index in [1.807, 2.05) is 0 Å². The van der Waals surface area contributed by atoms with E-state index in [0.717, 1.165) is 0 Å². The fourth-order valence-electron chi connectivity index (χ4n) is 1.63. The molecule has 4 heteroatoms. The zero-order valence-electron chi connectivity index (χ0n) is 10.5. The number of ether oxygens (including phenoxy) is 2. The Hall–Kier alpha value is -2.10. The average Bonchev–Trinajstić information content (AvgIpc) is 2.54. The minimum Gasteiger partial charge on any atom is -0.457 e. The summed E-state index contributed by atoms with van der Waals surface area (Å²) in [5.41, 5.74) is 0.511. The van der Waals surface area contributed by atoms with Crippen molar-refractivity contribution in [2.75, 3.05) is 0 Å². The summed E-state index contributed by atoms with van der Waals surface area (Å²) in [4.78, 5) is 23.2. The second kappa shape index (κ2) is 4.29. The Balaban J connectivity index is 2.27. The maximum atomic E-state index is 11.6. The third-order valence-corrected chi connectivity index (χ3v) is 2.27. The molecule has 94 valence electrons. The van der Waals surface area contributed by atoms with Crippen LogP contribution in [0.3, 0.4) is 0 Å². The van der Waals surface area contributed by atoms with Crippen molar-refractivity contribution in [3.05, 3.63) is 41.5 Å². The predicted octanol–water partition coefficient (Wildman–Crippen LogP) is 2.54. The van der Waals surface area contributed by atoms with Crippen LogP contribution in [0.4, 0.5) is 0 Å². The van der Waals surface area contributed by atoms with Crippen molar-refractivity contribution in [3.63, 3.8) is 0 Å². The summed E-state index contributed by atoms with van der Waals surface area (Å²) in [6.07, 6.45) is 1.20. The molecule has 0 radical (unpaired) electrons. The monoisotopic (exact) mass is 246 g/mol. The Morgan fingerprint density at radius 1 is 1.22 bits per heavy atom. The van der Waals surface area contributed by atoms with Crippen LogP contribution in [0.15, 0.2) is 30.3 Å². The predicted molar refractivity (Wildman–Crippen MR) is 65.7 cm³/mol. The number of esters is 2. The minimum absolute atomic E-state index is 0.241. The van der Waals surface area contributed by atoms with Gasteiger partial charge in [0.1, 0.15) is 11.4 Å². The standard InChI is InChI=1S/C14H14O4/c1-14(2,3)18-12(15)8-11-9-6-4-5-7-10(9)13(16)17-11/h4-8H,1-3H3. The Labute approximate surface area is 105 Å². The second-order valence-corrected chi connectivity index (χ2v) is 4.98. The summed E-state index contributed by atoms with van der Waals surface area (Å²) in [6.45, 7) is 5.33. The highest BCUT2D eigenvalue weighted by molar-refractivity contribution is 6.05. The quantitative estimate of drug-likeness (QED) is 0.564. The Morgan fingerprint density at radius 3 is 2.44 bits per heavy atom. The number of hydrogen-bond acceptors (Lipinski definition) is 4. The lowest BCUT2D eigenvalue weighted by atomic mass is 10.1. The molecule has 0 saturated carbocycles. The number of rotatable bonds is 1. The topological polar surface area (TPSA) is 52.6 Å². The molecule has 0 fully saturated rings. The van der Waals surface area contributed by atoms with E-state index >= 15 is 0 Å². The molecule has 0 spiro atoms. The Kier molecular flexibility index (Phi) is 2.95. The third-order valence-electron chi connectivity index (χ3n) is 2.27. The maximum Gasteiger partial charge on any atom is 0.344 e. The first kappa shape index (κ1) is 12.4. The van der Waals surface area contributed by atoms with Gasteiger partial charge in [0, 0.05) is 5.56 Å². The van der Waals surface area contributed by atoms with Gasteiger partial charge in [0.15, 0.2) is 0 Å². The van der Waals surface area contributed by atoms with E-state index in [9.17, 15) is 9.59 Å². The summed E-state index contributed by atoms with van der Waals surface area (Å²) in [6, 6.07) is 6.92. The molecule has 1 aliphatic heterocycles. The van der Waals surface area contributed by atoms with Crippen molar-refractivity contribution in [2.24, 2.45) is 0 Å². The second-order valence-electron chi connectivity index (χ2n) is 4.98. The average molecular weight is 246 g/mol. The summed E-state index contributed by atoms with van der Waals surface area (Å²) in [5, 5.41) is 0. The number of carbonyl (C=O) groups excluding carboxylic acids is 2. The summed E-state index contributed by atoms with van der Waals surface area (Å²) in [5.74, 6) is -0.729. The van der Waals surface area contributed by atoms with Gasteiger partial charge in [-0.2, -0.15) is 0 Å². The molecule has 0 unspecified atom stereocenters. The molecule has 1 heterocycles. The highest BCUT2D eigenvalue weighted by Gasteiger charge is 2.27. The lowest BCUT2D eigenvalue weighted by Crippen LogP contribution is -2.22. The van der Waals surface area contributed by atoms with Crippen LogP contribution in [0, 0.1) is 0 Å². The highest BCUT2D eigenvalue weighted by Crippen LogP contribution is 2.29. The van der Waals surface area contributed by atoms with Gasteiger partial charge < -0.3 is 9.47 Å². The smallest absolute Gasteiger partial charge is 0.344 e. The zero-order valence-corrected chi connectivity index (χ0v) is 10.5. The van der Waals surface area contributed by atoms with Crippen LogP contribution in [0.2, 0.25) is 0 Å². The van der Waals surface area contributed by atoms with Crippen molar-refractivity contribution >= 4 is 17.7 Å². The van der Waals surface area contributed by atoms with E-state index in [0.29, 0.717) is 11.1 Å². The van der Waals surface area contributed by atoms with Crippen LogP contribution in [-0.2, 0) is 14.3 Å². The number of benzene rings is 1. The third kappa shape index (κ3) is 2.59. The van der Waals surface area contributed by atoms with E-state index < -0.39 is 17.5 Å². The van der Waals surface area contributed by atoms with Crippen LogP contribution >= 0.6 is 0 Å². The lowest BCUT2D eigenvalue weighted by molar-refractivity contribution is -0.148. The molecule has 0 saturated heterocycles. The molecule has 1 aromatic carbocycles. The van der Waals surface area contributed by atoms with Crippen molar-refractivity contribution in [1.82, 2.24) is 0 Å². The molecule has 0 atom stereocenters. The molecule has 1 aliphatic rings. The molecular formula is C14H14O4. The van der Waals surface area contributed by atoms with Crippen LogP contribution in [0.1, 0.15) is 36.7 Å². The molecule has 0 aromatic heterocycles. The summed E-state index contributed by atoms with van der Waals surface area (Å²) < 4.78 is 10.2. The van der Waals surface area contributed by atoms with Gasteiger partial charge in [-0.15, -0.1) is 0 Å². The summed E-state index contributed by atoms with van der Waals surface area (Å²) >= 11 is 0. The number of cyclic esters (lactones) is 1. The number of hydrogen-bond donors (Lipinski definition) is 0. The molecule has 0 amide bonds. The van der Waals surface area contributed by atoms with Crippen molar-refractivity contribution in [3.8, 4) is 0 Å². The Morgan fingerprint density at radius 2 is 1.83 bits per heavy atom. The van der Waals surface area contributed by atoms with Crippen molar-refractivity contribution in [2.45, 2.75) is 26.4 Å². The normalized spacial score (nSPS) is 16.4. The number of fused-ring (bicyclic) bond motifs is 1. The molecule has 0 N–H and O–H groups in total. The van der Waals surface area contributed by atoms with Crippen molar-refractivity contribution < 1.29 is 19.1 Å². The molecular weight excluding hydrogens is 232 g/mol. The largest absolute Gasteiger partial charge is 0.457 e. The first-order chi connectivity index (χ1) is 8.37. The van der Waals surface area contributed by atoms with Crippen molar-refractivity contribution in [1.29, 1.82) is 0 Å². The molecule has 0 bridgehead atoms. The van der Waals surface area contributed by atoms with Gasteiger partial charge in [-0.3, -0.25) is 0 Å². The minimum atomic E-state index is -0.573. The number of carbonyl (C=O) groups is 2. The first-order valence-electron chi connectivity index (χ1n) is 5.63. The van der Waals surface area contributed by atoms with Crippen LogP contribution in [0.5, 0.6) is 0 Å². The molecule has 4 nitrogen and oxygen atoms in total. The van der Waals surface area contributed by atoms with Crippen LogP contribution < -0.4 is 0 Å². The lowest BCUT2D eigenvalue weighted by Gasteiger charge is -2.18. The van der Waals surface area contributed by atoms with Gasteiger partial charge in [0.2, 0.25) is 0 Å². The maximum absolute atomic E-state index is 11.6. The van der Waals surface area contributed by atoms with Gasteiger partial charge >= 0.3 is 11.9 Å². The van der Waals surface area contributed by atoms with Crippen LogP contribution in [-0.4, -0.2) is 17.5 Å². The fourth-order valence-corrected chi connectivity index (χ4v) is 1.63. The molecule has 2 rings (SSSR count). The summed E-state index contributed by atoms with van der Waals surface area (Å²) in [7, 11) is 0.